The molecule has 1 saturated carbocycles. The smallest absolute Gasteiger partial charge is 0.262 e. The quantitative estimate of drug-likeness (QED) is 0.665. The summed E-state index contributed by atoms with van der Waals surface area (Å²) in [5.74, 6) is -0.0396. The predicted octanol–water partition coefficient (Wildman–Crippen LogP) is 3.17. The van der Waals surface area contributed by atoms with Crippen molar-refractivity contribution in [1.29, 1.82) is 0 Å². The number of rotatable bonds is 3. The molecule has 1 heterocycles. The summed E-state index contributed by atoms with van der Waals surface area (Å²) in [6, 6.07) is 1.96. The van der Waals surface area contributed by atoms with Gasteiger partial charge in [-0.1, -0.05) is 37.9 Å². The van der Waals surface area contributed by atoms with Gasteiger partial charge >= 0.3 is 0 Å². The minimum absolute atomic E-state index is 0.0396. The molecule has 0 bridgehead atoms. The minimum atomic E-state index is -0.487. The molecule has 3 nitrogen and oxygen atoms in total. The summed E-state index contributed by atoms with van der Waals surface area (Å²) in [5.41, 5.74) is 6.45. The molecule has 0 aromatic carbocycles. The van der Waals surface area contributed by atoms with Crippen LogP contribution in [0.25, 0.3) is 0 Å². The Bertz CT molecular complexity index is 474. The molecule has 0 aliphatic heterocycles. The number of hydrogen-bond donors (Lipinski definition) is 2. The van der Waals surface area contributed by atoms with E-state index >= 15 is 0 Å². The maximum atomic E-state index is 12.4. The van der Waals surface area contributed by atoms with Gasteiger partial charge in [-0.3, -0.25) is 4.79 Å². The summed E-state index contributed by atoms with van der Waals surface area (Å²) >= 11 is 6.70. The normalized spacial score (nSPS) is 18.6. The summed E-state index contributed by atoms with van der Waals surface area (Å²) in [5, 5.41) is 5.06. The number of nitrogens with two attached hydrogens (primary N) is 1. The number of carbonyl (C=O) groups is 1. The maximum Gasteiger partial charge on any atom is 0.262 e. The van der Waals surface area contributed by atoms with Gasteiger partial charge in [0.15, 0.2) is 0 Å². The van der Waals surface area contributed by atoms with Crippen molar-refractivity contribution in [2.24, 2.45) is 5.73 Å². The van der Waals surface area contributed by atoms with Gasteiger partial charge in [-0.05, 0) is 36.8 Å². The zero-order valence-electron chi connectivity index (χ0n) is 11.2. The van der Waals surface area contributed by atoms with Crippen LogP contribution in [0.3, 0.4) is 0 Å². The van der Waals surface area contributed by atoms with Gasteiger partial charge in [-0.15, -0.1) is 11.3 Å². The largest absolute Gasteiger partial charge is 0.391 e. The van der Waals surface area contributed by atoms with Crippen molar-refractivity contribution in [2.45, 2.75) is 51.0 Å². The van der Waals surface area contributed by atoms with E-state index in [9.17, 15) is 4.79 Å². The van der Waals surface area contributed by atoms with E-state index in [0.717, 1.165) is 36.1 Å². The average Bonchev–Trinajstić information content (AvgIpc) is 2.64. The molecule has 0 spiro atoms. The molecule has 0 atom stereocenters. The molecule has 0 saturated heterocycles. The number of carbonyl (C=O) groups excluding carboxylic acids is 1. The zero-order chi connectivity index (χ0) is 13.9. The summed E-state index contributed by atoms with van der Waals surface area (Å²) in [6.45, 7) is 1.95. The minimum Gasteiger partial charge on any atom is -0.391 e. The second-order valence-electron chi connectivity index (χ2n) is 5.25. The highest BCUT2D eigenvalue weighted by atomic mass is 32.1. The van der Waals surface area contributed by atoms with Gasteiger partial charge < -0.3 is 11.1 Å². The van der Waals surface area contributed by atoms with Crippen molar-refractivity contribution in [1.82, 2.24) is 5.32 Å². The van der Waals surface area contributed by atoms with Crippen molar-refractivity contribution >= 4 is 34.5 Å². The first-order valence-electron chi connectivity index (χ1n) is 6.72. The third-order valence-corrected chi connectivity index (χ3v) is 5.26. The van der Waals surface area contributed by atoms with Gasteiger partial charge in [0.25, 0.3) is 5.91 Å². The average molecular weight is 296 g/mol. The second-order valence-corrected chi connectivity index (χ2v) is 6.60. The van der Waals surface area contributed by atoms with Crippen LogP contribution in [0.2, 0.25) is 0 Å². The van der Waals surface area contributed by atoms with E-state index in [2.05, 4.69) is 5.32 Å². The standard InChI is InChI=1S/C14H20N2OS2/c1-10-6-9-19-11(10)12(17)16-14(13(15)18)7-4-2-3-5-8-14/h6,9H,2-5,7-8H2,1H3,(H2,15,18)(H,16,17). The molecule has 0 radical (unpaired) electrons. The molecule has 1 aromatic heterocycles. The van der Waals surface area contributed by atoms with Crippen LogP contribution in [0.15, 0.2) is 11.4 Å². The van der Waals surface area contributed by atoms with Crippen molar-refractivity contribution in [3.63, 3.8) is 0 Å². The Balaban J connectivity index is 2.19. The van der Waals surface area contributed by atoms with E-state index in [0.29, 0.717) is 4.99 Å². The Hall–Kier alpha value is -0.940. The number of nitrogens with one attached hydrogen (secondary N) is 1. The highest BCUT2D eigenvalue weighted by molar-refractivity contribution is 7.80. The number of thiophene rings is 1. The topological polar surface area (TPSA) is 55.1 Å². The molecular formula is C14H20N2OS2. The van der Waals surface area contributed by atoms with Crippen LogP contribution in [0.5, 0.6) is 0 Å². The lowest BCUT2D eigenvalue weighted by atomic mass is 9.90. The lowest BCUT2D eigenvalue weighted by molar-refractivity contribution is 0.0921. The molecule has 0 unspecified atom stereocenters. The Morgan fingerprint density at radius 1 is 1.37 bits per heavy atom. The summed E-state index contributed by atoms with van der Waals surface area (Å²) in [6.07, 6.45) is 6.25. The van der Waals surface area contributed by atoms with Crippen LogP contribution >= 0.6 is 23.6 Å². The van der Waals surface area contributed by atoms with E-state index in [1.165, 1.54) is 24.2 Å². The van der Waals surface area contributed by atoms with E-state index < -0.39 is 5.54 Å². The van der Waals surface area contributed by atoms with Gasteiger partial charge in [-0.25, -0.2) is 0 Å². The first-order chi connectivity index (χ1) is 9.05. The second kappa shape index (κ2) is 6.01. The molecule has 1 fully saturated rings. The number of thiocarbonyl (C=S) groups is 1. The fraction of sp³-hybridized carbons (Fsp3) is 0.571. The number of aryl methyl sites for hydroxylation is 1. The number of hydrogen-bond acceptors (Lipinski definition) is 3. The van der Waals surface area contributed by atoms with Crippen LogP contribution in [-0.2, 0) is 0 Å². The molecule has 1 amide bonds. The predicted molar refractivity (Wildman–Crippen MR) is 83.7 cm³/mol. The fourth-order valence-electron chi connectivity index (χ4n) is 2.64. The van der Waals surface area contributed by atoms with Gasteiger partial charge in [0, 0.05) is 0 Å². The van der Waals surface area contributed by atoms with Crippen LogP contribution < -0.4 is 11.1 Å². The molecule has 2 rings (SSSR count). The molecule has 104 valence electrons. The maximum absolute atomic E-state index is 12.4. The van der Waals surface area contributed by atoms with Crippen LogP contribution in [0, 0.1) is 6.92 Å². The van der Waals surface area contributed by atoms with Gasteiger partial charge in [0.2, 0.25) is 0 Å². The fourth-order valence-corrected chi connectivity index (χ4v) is 3.72. The Morgan fingerprint density at radius 3 is 2.47 bits per heavy atom. The molecule has 5 heteroatoms. The lowest BCUT2D eigenvalue weighted by Gasteiger charge is -2.32. The Labute approximate surface area is 123 Å². The monoisotopic (exact) mass is 296 g/mol. The summed E-state index contributed by atoms with van der Waals surface area (Å²) < 4.78 is 0. The Kier molecular flexibility index (Phi) is 4.58. The van der Waals surface area contributed by atoms with Crippen molar-refractivity contribution in [3.05, 3.63) is 21.9 Å². The summed E-state index contributed by atoms with van der Waals surface area (Å²) in [7, 11) is 0. The molecule has 1 aromatic rings. The first-order valence-corrected chi connectivity index (χ1v) is 8.00. The van der Waals surface area contributed by atoms with Crippen LogP contribution in [0.4, 0.5) is 0 Å². The summed E-state index contributed by atoms with van der Waals surface area (Å²) in [4.78, 5) is 13.6. The zero-order valence-corrected chi connectivity index (χ0v) is 12.8. The van der Waals surface area contributed by atoms with E-state index in [-0.39, 0.29) is 5.91 Å². The van der Waals surface area contributed by atoms with Gasteiger partial charge in [-0.2, -0.15) is 0 Å². The van der Waals surface area contributed by atoms with Crippen LogP contribution in [0.1, 0.15) is 53.8 Å². The third kappa shape index (κ3) is 3.15. The highest BCUT2D eigenvalue weighted by Gasteiger charge is 2.36. The SMILES string of the molecule is Cc1ccsc1C(=O)NC1(C(N)=S)CCCCCC1. The van der Waals surface area contributed by atoms with E-state index in [1.807, 2.05) is 18.4 Å². The number of amides is 1. The molecule has 3 N–H and O–H groups in total. The van der Waals surface area contributed by atoms with Crippen LogP contribution in [-0.4, -0.2) is 16.4 Å². The van der Waals surface area contributed by atoms with Crippen molar-refractivity contribution in [2.75, 3.05) is 0 Å². The van der Waals surface area contributed by atoms with E-state index in [1.54, 1.807) is 0 Å². The van der Waals surface area contributed by atoms with Gasteiger partial charge in [0.05, 0.1) is 15.4 Å². The Morgan fingerprint density at radius 2 is 2.00 bits per heavy atom. The molecule has 19 heavy (non-hydrogen) atoms. The molecular weight excluding hydrogens is 276 g/mol. The van der Waals surface area contributed by atoms with Gasteiger partial charge in [0.1, 0.15) is 0 Å². The van der Waals surface area contributed by atoms with E-state index in [4.69, 9.17) is 18.0 Å². The first kappa shape index (κ1) is 14.5. The lowest BCUT2D eigenvalue weighted by Crippen LogP contribution is -2.56. The van der Waals surface area contributed by atoms with Crippen molar-refractivity contribution in [3.8, 4) is 0 Å². The third-order valence-electron chi connectivity index (χ3n) is 3.85. The van der Waals surface area contributed by atoms with Crippen molar-refractivity contribution < 1.29 is 4.79 Å². The molecule has 1 aliphatic rings. The molecule has 1 aliphatic carbocycles. The highest BCUT2D eigenvalue weighted by Crippen LogP contribution is 2.28.